The lowest BCUT2D eigenvalue weighted by atomic mass is 10.0. The summed E-state index contributed by atoms with van der Waals surface area (Å²) in [6.45, 7) is 3.55. The third-order valence-electron chi connectivity index (χ3n) is 5.95. The van der Waals surface area contributed by atoms with Gasteiger partial charge < -0.3 is 14.7 Å². The molecule has 0 aromatic heterocycles. The van der Waals surface area contributed by atoms with E-state index in [-0.39, 0.29) is 23.7 Å². The van der Waals surface area contributed by atoms with E-state index in [0.29, 0.717) is 12.8 Å². The number of hydrogen-bond acceptors (Lipinski definition) is 8. The number of thioether (sulfide) groups is 2. The van der Waals surface area contributed by atoms with Gasteiger partial charge in [-0.25, -0.2) is 14.6 Å². The van der Waals surface area contributed by atoms with Gasteiger partial charge in [0.1, 0.15) is 18.1 Å². The summed E-state index contributed by atoms with van der Waals surface area (Å²) in [6.07, 6.45) is 1.05. The Morgan fingerprint density at radius 2 is 1.94 bits per heavy atom. The highest BCUT2D eigenvalue weighted by molar-refractivity contribution is 8.21. The molecule has 0 aliphatic carbocycles. The molecule has 0 saturated carbocycles. The zero-order valence-corrected chi connectivity index (χ0v) is 20.3. The van der Waals surface area contributed by atoms with Gasteiger partial charge in [-0.2, -0.15) is 0 Å². The number of aliphatic carboxylic acids is 1. The van der Waals surface area contributed by atoms with Crippen LogP contribution in [0.15, 0.2) is 35.6 Å². The van der Waals surface area contributed by atoms with E-state index in [0.717, 1.165) is 22.1 Å². The number of nitrogens with zero attached hydrogens (tertiary/aromatic N) is 3. The molecular weight excluding hydrogens is 466 g/mol. The first-order valence-corrected chi connectivity index (χ1v) is 12.9. The minimum Gasteiger partial charge on any atom is -0.480 e. The molecule has 9 nitrogen and oxygen atoms in total. The second-order valence-corrected chi connectivity index (χ2v) is 11.3. The van der Waals surface area contributed by atoms with E-state index < -0.39 is 36.0 Å². The van der Waals surface area contributed by atoms with E-state index in [1.165, 1.54) is 11.8 Å². The van der Waals surface area contributed by atoms with Crippen molar-refractivity contribution in [2.45, 2.75) is 55.3 Å². The number of amides is 1. The molecule has 0 radical (unpaired) electrons. The number of nitroso groups, excluding NO2 is 1. The van der Waals surface area contributed by atoms with Crippen LogP contribution in [0.5, 0.6) is 0 Å². The standard InChI is InChI=1S/C22H29N3O6S2/c1-3-31-21(29)17(10-9-16-7-5-4-6-8-16)25(23-30)15(2)19(26)24-14-22(32-11-12-33-22)13-18(24)20(27)28/h4-8,15,17-18H,3,9-14H2,1-2H3,(H,27,28)/t15-,17-,18-/m0/s1. The van der Waals surface area contributed by atoms with Crippen molar-refractivity contribution >= 4 is 41.4 Å². The Balaban J connectivity index is 1.79. The Hall–Kier alpha value is -2.27. The normalized spacial score (nSPS) is 20.9. The zero-order chi connectivity index (χ0) is 24.0. The van der Waals surface area contributed by atoms with Gasteiger partial charge in [0.2, 0.25) is 5.91 Å². The molecule has 180 valence electrons. The fraction of sp³-hybridized carbons (Fsp3) is 0.591. The summed E-state index contributed by atoms with van der Waals surface area (Å²) in [5.74, 6) is -0.428. The smallest absolute Gasteiger partial charge is 0.330 e. The summed E-state index contributed by atoms with van der Waals surface area (Å²) in [4.78, 5) is 51.2. The first-order valence-electron chi connectivity index (χ1n) is 10.9. The second kappa shape index (κ2) is 11.2. The number of likely N-dealkylation sites (tertiary alicyclic amines) is 1. The lowest BCUT2D eigenvalue weighted by Crippen LogP contribution is -2.53. The van der Waals surface area contributed by atoms with E-state index in [1.807, 2.05) is 30.3 Å². The fourth-order valence-corrected chi connectivity index (χ4v) is 7.55. The zero-order valence-electron chi connectivity index (χ0n) is 18.7. The Bertz CT molecular complexity index is 865. The predicted octanol–water partition coefficient (Wildman–Crippen LogP) is 2.78. The summed E-state index contributed by atoms with van der Waals surface area (Å²) in [6, 6.07) is 6.32. The maximum absolute atomic E-state index is 13.4. The minimum atomic E-state index is -1.11. The van der Waals surface area contributed by atoms with E-state index in [2.05, 4.69) is 5.29 Å². The van der Waals surface area contributed by atoms with Crippen molar-refractivity contribution < 1.29 is 24.2 Å². The Morgan fingerprint density at radius 3 is 2.52 bits per heavy atom. The molecule has 2 aliphatic rings. The van der Waals surface area contributed by atoms with Crippen molar-refractivity contribution in [2.24, 2.45) is 5.29 Å². The molecule has 1 aromatic rings. The summed E-state index contributed by atoms with van der Waals surface area (Å²) < 4.78 is 4.82. The van der Waals surface area contributed by atoms with Crippen molar-refractivity contribution in [3.63, 3.8) is 0 Å². The summed E-state index contributed by atoms with van der Waals surface area (Å²) >= 11 is 3.35. The molecule has 2 fully saturated rings. The number of carbonyl (C=O) groups is 3. The van der Waals surface area contributed by atoms with Gasteiger partial charge in [0.05, 0.1) is 16.0 Å². The molecule has 2 saturated heterocycles. The molecule has 1 amide bonds. The Labute approximate surface area is 201 Å². The largest absolute Gasteiger partial charge is 0.480 e. The van der Waals surface area contributed by atoms with Crippen LogP contribution in [0.4, 0.5) is 0 Å². The quantitative estimate of drug-likeness (QED) is 0.297. The van der Waals surface area contributed by atoms with Gasteiger partial charge in [-0.3, -0.25) is 4.79 Å². The third-order valence-corrected chi connectivity index (χ3v) is 9.38. The Kier molecular flexibility index (Phi) is 8.63. The summed E-state index contributed by atoms with van der Waals surface area (Å²) in [5, 5.41) is 13.7. The molecule has 33 heavy (non-hydrogen) atoms. The predicted molar refractivity (Wildman–Crippen MR) is 128 cm³/mol. The molecular formula is C22H29N3O6S2. The number of hydrogen-bond donors (Lipinski definition) is 1. The number of ether oxygens (including phenoxy) is 1. The van der Waals surface area contributed by atoms with Crippen molar-refractivity contribution in [1.29, 1.82) is 0 Å². The number of aryl methyl sites for hydroxylation is 1. The SMILES string of the molecule is CCOC(=O)[C@H](CCc1ccccc1)N(N=O)[C@@H](C)C(=O)N1CC2(C[C@H]1C(=O)O)SCCS2. The fourth-order valence-electron chi connectivity index (χ4n) is 4.29. The topological polar surface area (TPSA) is 117 Å². The molecule has 2 heterocycles. The molecule has 2 aliphatic heterocycles. The third kappa shape index (κ3) is 5.81. The molecule has 1 spiro atoms. The van der Waals surface area contributed by atoms with Crippen molar-refractivity contribution in [2.75, 3.05) is 24.7 Å². The highest BCUT2D eigenvalue weighted by Crippen LogP contribution is 2.52. The molecule has 1 aromatic carbocycles. The Morgan fingerprint density at radius 1 is 1.27 bits per heavy atom. The van der Waals surface area contributed by atoms with Gasteiger partial charge in [0, 0.05) is 24.5 Å². The lowest BCUT2D eigenvalue weighted by molar-refractivity contribution is -0.156. The summed E-state index contributed by atoms with van der Waals surface area (Å²) in [7, 11) is 0. The van der Waals surface area contributed by atoms with Gasteiger partial charge in [-0.05, 0) is 32.3 Å². The summed E-state index contributed by atoms with van der Waals surface area (Å²) in [5.41, 5.74) is 0.972. The first-order chi connectivity index (χ1) is 15.8. The number of benzene rings is 1. The van der Waals surface area contributed by atoms with Crippen LogP contribution >= 0.6 is 23.5 Å². The monoisotopic (exact) mass is 495 g/mol. The lowest BCUT2D eigenvalue weighted by Gasteiger charge is -2.33. The van der Waals surface area contributed by atoms with Crippen LogP contribution in [0.25, 0.3) is 0 Å². The van der Waals surface area contributed by atoms with E-state index in [4.69, 9.17) is 4.74 Å². The van der Waals surface area contributed by atoms with Crippen LogP contribution in [0.3, 0.4) is 0 Å². The average molecular weight is 496 g/mol. The van der Waals surface area contributed by atoms with Crippen LogP contribution in [0, 0.1) is 4.91 Å². The number of rotatable bonds is 10. The van der Waals surface area contributed by atoms with Gasteiger partial charge >= 0.3 is 11.9 Å². The molecule has 1 N–H and O–H groups in total. The van der Waals surface area contributed by atoms with Crippen LogP contribution in [-0.2, 0) is 25.5 Å². The van der Waals surface area contributed by atoms with Crippen molar-refractivity contribution in [3.8, 4) is 0 Å². The van der Waals surface area contributed by atoms with Crippen LogP contribution < -0.4 is 0 Å². The molecule has 0 bridgehead atoms. The van der Waals surface area contributed by atoms with Crippen LogP contribution in [0.1, 0.15) is 32.3 Å². The number of carboxylic acid groups (broad SMARTS) is 1. The van der Waals surface area contributed by atoms with Crippen LogP contribution in [-0.4, -0.2) is 79.7 Å². The highest BCUT2D eigenvalue weighted by atomic mass is 32.2. The maximum Gasteiger partial charge on any atom is 0.330 e. The minimum absolute atomic E-state index is 0.125. The number of carbonyl (C=O) groups excluding carboxylic acids is 2. The van der Waals surface area contributed by atoms with Gasteiger partial charge in [-0.1, -0.05) is 30.3 Å². The second-order valence-electron chi connectivity index (χ2n) is 8.06. The van der Waals surface area contributed by atoms with Crippen molar-refractivity contribution in [3.05, 3.63) is 40.8 Å². The van der Waals surface area contributed by atoms with Crippen LogP contribution in [0.2, 0.25) is 0 Å². The van der Waals surface area contributed by atoms with E-state index in [1.54, 1.807) is 30.4 Å². The van der Waals surface area contributed by atoms with Gasteiger partial charge in [0.15, 0.2) is 0 Å². The highest BCUT2D eigenvalue weighted by Gasteiger charge is 2.52. The van der Waals surface area contributed by atoms with Crippen molar-refractivity contribution in [1.82, 2.24) is 9.91 Å². The number of esters is 1. The van der Waals surface area contributed by atoms with Gasteiger partial charge in [-0.15, -0.1) is 28.4 Å². The van der Waals surface area contributed by atoms with Gasteiger partial charge in [0.25, 0.3) is 0 Å². The van der Waals surface area contributed by atoms with E-state index in [9.17, 15) is 24.4 Å². The first kappa shape index (κ1) is 25.4. The average Bonchev–Trinajstić information content (AvgIpc) is 3.43. The van der Waals surface area contributed by atoms with E-state index >= 15 is 0 Å². The molecule has 11 heteroatoms. The molecule has 0 unspecified atom stereocenters. The maximum atomic E-state index is 13.4. The molecule has 3 atom stereocenters. The molecule has 3 rings (SSSR count). The number of carboxylic acids is 1.